The number of imidazole rings is 1. The zero-order chi connectivity index (χ0) is 28.5. The number of hydrogen-bond acceptors (Lipinski definition) is 7. The van der Waals surface area contributed by atoms with Gasteiger partial charge in [-0.2, -0.15) is 4.98 Å². The molecule has 2 aliphatic rings. The SMILES string of the molecule is COc1ncc(-c2nc3c(n2C(C)C)C2(C(=O)Nc4cc(C)ccc42)N(c2cccc(C)c2F)C3=O)c(OC)n1. The first-order valence-corrected chi connectivity index (χ1v) is 12.7. The second kappa shape index (κ2) is 8.87. The van der Waals surface area contributed by atoms with Crippen molar-refractivity contribution in [2.24, 2.45) is 0 Å². The number of benzene rings is 2. The van der Waals surface area contributed by atoms with Gasteiger partial charge in [0.05, 0.1) is 31.2 Å². The van der Waals surface area contributed by atoms with Crippen LogP contribution in [0, 0.1) is 19.7 Å². The van der Waals surface area contributed by atoms with E-state index in [0.717, 1.165) is 5.56 Å². The summed E-state index contributed by atoms with van der Waals surface area (Å²) < 4.78 is 28.2. The van der Waals surface area contributed by atoms with Crippen molar-refractivity contribution in [1.82, 2.24) is 19.5 Å². The second-order valence-electron chi connectivity index (χ2n) is 10.1. The summed E-state index contributed by atoms with van der Waals surface area (Å²) in [4.78, 5) is 43.1. The van der Waals surface area contributed by atoms with Gasteiger partial charge >= 0.3 is 6.01 Å². The van der Waals surface area contributed by atoms with Crippen LogP contribution in [0.5, 0.6) is 11.9 Å². The Morgan fingerprint density at radius 1 is 1.05 bits per heavy atom. The number of nitrogens with one attached hydrogen (secondary N) is 1. The molecule has 1 spiro atoms. The van der Waals surface area contributed by atoms with Crippen molar-refractivity contribution >= 4 is 23.2 Å². The molecule has 0 radical (unpaired) electrons. The van der Waals surface area contributed by atoms with Gasteiger partial charge in [-0.05, 0) is 51.0 Å². The number of aromatic nitrogens is 4. The van der Waals surface area contributed by atoms with Gasteiger partial charge < -0.3 is 19.4 Å². The molecule has 204 valence electrons. The molecule has 0 fully saturated rings. The van der Waals surface area contributed by atoms with Crippen LogP contribution in [0.4, 0.5) is 15.8 Å². The van der Waals surface area contributed by atoms with Crippen molar-refractivity contribution in [3.63, 3.8) is 0 Å². The highest BCUT2D eigenvalue weighted by atomic mass is 19.1. The predicted molar refractivity (Wildman–Crippen MR) is 145 cm³/mol. The third kappa shape index (κ3) is 3.23. The molecule has 4 heterocycles. The highest BCUT2D eigenvalue weighted by molar-refractivity contribution is 6.23. The highest BCUT2D eigenvalue weighted by Crippen LogP contribution is 2.54. The Balaban J connectivity index is 1.73. The maximum atomic E-state index is 15.7. The van der Waals surface area contributed by atoms with Gasteiger partial charge in [-0.1, -0.05) is 24.3 Å². The third-order valence-electron chi connectivity index (χ3n) is 7.41. The minimum Gasteiger partial charge on any atom is -0.480 e. The molecule has 40 heavy (non-hydrogen) atoms. The Bertz CT molecular complexity index is 1730. The molecule has 4 aromatic rings. The molecule has 1 atom stereocenters. The summed E-state index contributed by atoms with van der Waals surface area (Å²) >= 11 is 0. The predicted octanol–water partition coefficient (Wildman–Crippen LogP) is 4.55. The smallest absolute Gasteiger partial charge is 0.319 e. The standard InChI is InChI=1S/C29H27FN6O4/c1-14(2)35-23-22(33-24(35)17-13-31-28(40-6)34-25(17)39-5)26(37)36(20-9-7-8-16(4)21(20)30)29(23)18-11-10-15(3)12-19(18)32-27(29)38/h7-14H,1-6H3,(H,32,38). The maximum Gasteiger partial charge on any atom is 0.319 e. The number of ether oxygens (including phenoxy) is 2. The van der Waals surface area contributed by atoms with Crippen LogP contribution in [-0.4, -0.2) is 45.6 Å². The van der Waals surface area contributed by atoms with Crippen LogP contribution in [0.25, 0.3) is 11.4 Å². The van der Waals surface area contributed by atoms with E-state index in [4.69, 9.17) is 14.5 Å². The summed E-state index contributed by atoms with van der Waals surface area (Å²) in [5.41, 5.74) is 1.40. The Labute approximate surface area is 229 Å². The molecule has 11 heteroatoms. The first-order valence-electron chi connectivity index (χ1n) is 12.7. The zero-order valence-electron chi connectivity index (χ0n) is 22.9. The van der Waals surface area contributed by atoms with Crippen LogP contribution in [0.3, 0.4) is 0 Å². The topological polar surface area (TPSA) is 111 Å². The fourth-order valence-corrected chi connectivity index (χ4v) is 5.71. The molecule has 2 aliphatic heterocycles. The number of fused-ring (bicyclic) bond motifs is 4. The fraction of sp³-hybridized carbons (Fsp3) is 0.276. The van der Waals surface area contributed by atoms with Crippen LogP contribution in [0.1, 0.15) is 52.8 Å². The summed E-state index contributed by atoms with van der Waals surface area (Å²) in [6.45, 7) is 7.36. The van der Waals surface area contributed by atoms with E-state index in [9.17, 15) is 9.59 Å². The van der Waals surface area contributed by atoms with Crippen LogP contribution in [-0.2, 0) is 10.3 Å². The molecule has 2 aromatic heterocycles. The monoisotopic (exact) mass is 542 g/mol. The van der Waals surface area contributed by atoms with E-state index in [1.54, 1.807) is 25.1 Å². The number of aryl methyl sites for hydroxylation is 2. The molecule has 10 nitrogen and oxygen atoms in total. The quantitative estimate of drug-likeness (QED) is 0.394. The lowest BCUT2D eigenvalue weighted by molar-refractivity contribution is -0.119. The number of hydrogen-bond donors (Lipinski definition) is 1. The van der Waals surface area contributed by atoms with E-state index in [-0.39, 0.29) is 29.3 Å². The van der Waals surface area contributed by atoms with E-state index in [1.807, 2.05) is 37.5 Å². The minimum absolute atomic E-state index is 0.00575. The average Bonchev–Trinajstić information content (AvgIpc) is 3.54. The number of rotatable bonds is 5. The number of amides is 2. The number of halogens is 1. The number of carbonyl (C=O) groups is 2. The zero-order valence-corrected chi connectivity index (χ0v) is 22.9. The van der Waals surface area contributed by atoms with Gasteiger partial charge in [0.1, 0.15) is 11.6 Å². The first kappa shape index (κ1) is 25.5. The lowest BCUT2D eigenvalue weighted by Crippen LogP contribution is -2.51. The number of carbonyl (C=O) groups excluding carboxylic acids is 2. The lowest BCUT2D eigenvalue weighted by Gasteiger charge is -2.36. The van der Waals surface area contributed by atoms with Gasteiger partial charge in [-0.15, -0.1) is 0 Å². The van der Waals surface area contributed by atoms with Gasteiger partial charge in [0, 0.05) is 23.5 Å². The van der Waals surface area contributed by atoms with E-state index >= 15 is 4.39 Å². The average molecular weight is 543 g/mol. The number of anilines is 2. The van der Waals surface area contributed by atoms with Gasteiger partial charge in [-0.3, -0.25) is 14.5 Å². The van der Waals surface area contributed by atoms with E-state index in [0.29, 0.717) is 33.9 Å². The van der Waals surface area contributed by atoms with Crippen LogP contribution >= 0.6 is 0 Å². The van der Waals surface area contributed by atoms with Crippen molar-refractivity contribution in [2.45, 2.75) is 39.3 Å². The van der Waals surface area contributed by atoms with Crippen LogP contribution in [0.2, 0.25) is 0 Å². The molecule has 0 aliphatic carbocycles. The van der Waals surface area contributed by atoms with Gasteiger partial charge in [0.25, 0.3) is 11.8 Å². The third-order valence-corrected chi connectivity index (χ3v) is 7.41. The summed E-state index contributed by atoms with van der Waals surface area (Å²) in [6, 6.07) is 10.1. The largest absolute Gasteiger partial charge is 0.480 e. The van der Waals surface area contributed by atoms with Gasteiger partial charge in [0.2, 0.25) is 5.88 Å². The van der Waals surface area contributed by atoms with Crippen molar-refractivity contribution in [3.8, 4) is 23.3 Å². The maximum absolute atomic E-state index is 15.7. The van der Waals surface area contributed by atoms with E-state index in [1.165, 1.54) is 31.4 Å². The first-order chi connectivity index (χ1) is 19.1. The molecular weight excluding hydrogens is 515 g/mol. The van der Waals surface area contributed by atoms with E-state index < -0.39 is 23.2 Å². The molecule has 1 unspecified atom stereocenters. The van der Waals surface area contributed by atoms with Crippen molar-refractivity contribution in [1.29, 1.82) is 0 Å². The van der Waals surface area contributed by atoms with Crippen molar-refractivity contribution in [3.05, 3.63) is 76.5 Å². The minimum atomic E-state index is -1.72. The van der Waals surface area contributed by atoms with Crippen molar-refractivity contribution in [2.75, 3.05) is 24.4 Å². The summed E-state index contributed by atoms with van der Waals surface area (Å²) in [6.07, 6.45) is 1.50. The van der Waals surface area contributed by atoms with Gasteiger partial charge in [0.15, 0.2) is 11.2 Å². The molecule has 0 bridgehead atoms. The molecule has 6 rings (SSSR count). The molecule has 1 N–H and O–H groups in total. The molecule has 0 saturated carbocycles. The van der Waals surface area contributed by atoms with Crippen molar-refractivity contribution < 1.29 is 23.5 Å². The molecule has 2 aromatic carbocycles. The van der Waals surface area contributed by atoms with Crippen LogP contribution in [0.15, 0.2) is 42.6 Å². The molecule has 2 amide bonds. The van der Waals surface area contributed by atoms with Gasteiger partial charge in [-0.25, -0.2) is 14.4 Å². The van der Waals surface area contributed by atoms with E-state index in [2.05, 4.69) is 15.3 Å². The Morgan fingerprint density at radius 2 is 1.82 bits per heavy atom. The number of methoxy groups -OCH3 is 2. The summed E-state index contributed by atoms with van der Waals surface area (Å²) in [5, 5.41) is 2.96. The summed E-state index contributed by atoms with van der Waals surface area (Å²) in [7, 11) is 2.90. The Morgan fingerprint density at radius 3 is 2.52 bits per heavy atom. The molecular formula is C29H27FN6O4. The lowest BCUT2D eigenvalue weighted by atomic mass is 9.86. The molecule has 0 saturated heterocycles. The Hall–Kier alpha value is -4.80. The normalized spacial score (nSPS) is 17.4. The second-order valence-corrected chi connectivity index (χ2v) is 10.1. The van der Waals surface area contributed by atoms with Crippen LogP contribution < -0.4 is 19.7 Å². The highest BCUT2D eigenvalue weighted by Gasteiger charge is 2.64. The summed E-state index contributed by atoms with van der Waals surface area (Å²) in [5.74, 6) is -1.14. The Kier molecular flexibility index (Phi) is 5.65. The fourth-order valence-electron chi connectivity index (χ4n) is 5.71. The number of nitrogens with zero attached hydrogens (tertiary/aromatic N) is 5.